The molecule has 0 unspecified atom stereocenters. The van der Waals surface area contributed by atoms with E-state index in [0.717, 1.165) is 34.2 Å². The molecular weight excluding hydrogens is 684 g/mol. The molecule has 272 valence electrons. The minimum Gasteiger partial charge on any atom is -0.333 e. The van der Waals surface area contributed by atoms with Crippen LogP contribution in [0.2, 0.25) is 0 Å². The lowest BCUT2D eigenvalue weighted by molar-refractivity contribution is -0.137. The zero-order valence-electron chi connectivity index (χ0n) is 30.9. The van der Waals surface area contributed by atoms with Crippen LogP contribution >= 0.6 is 11.8 Å². The molecule has 0 saturated carbocycles. The first-order chi connectivity index (χ1) is 24.8. The van der Waals surface area contributed by atoms with E-state index in [0.29, 0.717) is 45.3 Å². The van der Waals surface area contributed by atoms with Gasteiger partial charge in [-0.15, -0.1) is 37.6 Å². The first-order valence-corrected chi connectivity index (χ1v) is 17.6. The molecule has 52 heavy (non-hydrogen) atoms. The number of pyridine rings is 1. The van der Waals surface area contributed by atoms with Crippen LogP contribution in [-0.4, -0.2) is 17.7 Å². The van der Waals surface area contributed by atoms with Crippen molar-refractivity contribution < 1.29 is 22.0 Å². The van der Waals surface area contributed by atoms with E-state index in [1.807, 2.05) is 56.5 Å². The quantitative estimate of drug-likeness (QED) is 0.0817. The Balaban J connectivity index is 0.00000125. The van der Waals surface area contributed by atoms with Crippen LogP contribution in [0, 0.1) is 57.6 Å². The Labute approximate surface area is 309 Å². The van der Waals surface area contributed by atoms with E-state index in [9.17, 15) is 13.2 Å². The summed E-state index contributed by atoms with van der Waals surface area (Å²) in [6.07, 6.45) is 17.1. The molecule has 8 heteroatoms. The maximum absolute atomic E-state index is 15.4. The molecule has 2 nitrogen and oxygen atoms in total. The van der Waals surface area contributed by atoms with Crippen LogP contribution in [0.25, 0.3) is 33.3 Å². The number of fused-ring (bicyclic) bond motifs is 1. The average Bonchev–Trinajstić information content (AvgIpc) is 3.57. The van der Waals surface area contributed by atoms with Gasteiger partial charge in [-0.3, -0.25) is 0 Å². The third-order valence-electron chi connectivity index (χ3n) is 8.56. The minimum absolute atomic E-state index is 0.126. The van der Waals surface area contributed by atoms with Crippen molar-refractivity contribution in [2.75, 3.05) is 13.3 Å². The molecule has 2 aromatic heterocycles. The Morgan fingerprint density at radius 1 is 0.923 bits per heavy atom. The number of alkyl halides is 3. The monoisotopic (exact) mass is 728 g/mol. The largest absolute Gasteiger partial charge is 0.417 e. The van der Waals surface area contributed by atoms with Gasteiger partial charge in [0, 0.05) is 38.9 Å². The number of rotatable bonds is 6. The third-order valence-corrected chi connectivity index (χ3v) is 9.45. The second kappa shape index (κ2) is 19.0. The normalized spacial score (nSPS) is 10.9. The summed E-state index contributed by atoms with van der Waals surface area (Å²) in [5, 5.41) is 0. The van der Waals surface area contributed by atoms with Crippen molar-refractivity contribution in [1.82, 2.24) is 4.40 Å². The van der Waals surface area contributed by atoms with Crippen molar-refractivity contribution in [1.29, 1.82) is 0 Å². The Bertz CT molecular complexity index is 2110. The second-order valence-corrected chi connectivity index (χ2v) is 12.2. The maximum Gasteiger partial charge on any atom is 0.417 e. The summed E-state index contributed by atoms with van der Waals surface area (Å²) in [7, 11) is 1.50. The van der Waals surface area contributed by atoms with Gasteiger partial charge in [0.15, 0.2) is 11.6 Å². The summed E-state index contributed by atoms with van der Waals surface area (Å²) in [5.41, 5.74) is 11.0. The van der Waals surface area contributed by atoms with Crippen molar-refractivity contribution in [3.05, 3.63) is 136 Å². The molecular formula is C44H45F5N2S. The van der Waals surface area contributed by atoms with Crippen LogP contribution in [0.5, 0.6) is 0 Å². The molecule has 0 aliphatic rings. The molecule has 5 aromatic rings. The van der Waals surface area contributed by atoms with Gasteiger partial charge < -0.3 is 10.1 Å². The van der Waals surface area contributed by atoms with Crippen LogP contribution in [0.3, 0.4) is 0 Å². The highest BCUT2D eigenvalue weighted by Crippen LogP contribution is 2.42. The van der Waals surface area contributed by atoms with E-state index in [-0.39, 0.29) is 16.0 Å². The van der Waals surface area contributed by atoms with Gasteiger partial charge in [-0.05, 0) is 118 Å². The first-order valence-electron chi connectivity index (χ1n) is 16.4. The SMILES string of the molecule is C#C.C#Cc1cc(C(=CC)c2ccc3c(-c4cc(C)c(CC)cc4C(F)(F)F)cccn23)ccc1-c1c(C)c(C)c(SC)c(F)c1F.C=CC.CN. The number of aryl methyl sites for hydroxylation is 2. The van der Waals surface area contributed by atoms with Crippen molar-refractivity contribution in [2.24, 2.45) is 5.73 Å². The highest BCUT2D eigenvalue weighted by molar-refractivity contribution is 7.98. The molecule has 5 rings (SSSR count). The number of benzene rings is 3. The second-order valence-electron chi connectivity index (χ2n) is 11.4. The summed E-state index contributed by atoms with van der Waals surface area (Å²) in [4.78, 5) is 0.266. The van der Waals surface area contributed by atoms with Crippen LogP contribution in [0.15, 0.2) is 84.4 Å². The number of terminal acetylenes is 2. The summed E-state index contributed by atoms with van der Waals surface area (Å²) in [5.74, 6) is 0.810. The number of aromatic nitrogens is 1. The maximum atomic E-state index is 15.4. The van der Waals surface area contributed by atoms with Gasteiger partial charge in [-0.25, -0.2) is 8.78 Å². The van der Waals surface area contributed by atoms with E-state index < -0.39 is 23.4 Å². The third kappa shape index (κ3) is 8.53. The minimum atomic E-state index is -4.52. The first kappa shape index (κ1) is 43.1. The molecule has 0 atom stereocenters. The summed E-state index contributed by atoms with van der Waals surface area (Å²) >= 11 is 1.16. The lowest BCUT2D eigenvalue weighted by atomic mass is 9.90. The summed E-state index contributed by atoms with van der Waals surface area (Å²) in [6.45, 7) is 14.3. The zero-order chi connectivity index (χ0) is 39.5. The van der Waals surface area contributed by atoms with Gasteiger partial charge in [0.1, 0.15) is 0 Å². The molecule has 2 N–H and O–H groups in total. The predicted molar refractivity (Wildman–Crippen MR) is 212 cm³/mol. The van der Waals surface area contributed by atoms with Crippen molar-refractivity contribution in [2.45, 2.75) is 59.0 Å². The van der Waals surface area contributed by atoms with Crippen LogP contribution in [0.1, 0.15) is 65.4 Å². The van der Waals surface area contributed by atoms with Gasteiger partial charge in [0.2, 0.25) is 0 Å². The number of nitrogens with zero attached hydrogens (tertiary/aromatic N) is 1. The Morgan fingerprint density at radius 2 is 1.56 bits per heavy atom. The number of thioether (sulfide) groups is 1. The molecule has 2 heterocycles. The van der Waals surface area contributed by atoms with Crippen molar-refractivity contribution in [3.63, 3.8) is 0 Å². The van der Waals surface area contributed by atoms with Gasteiger partial charge in [0.05, 0.1) is 16.8 Å². The predicted octanol–water partition coefficient (Wildman–Crippen LogP) is 12.2. The van der Waals surface area contributed by atoms with E-state index >= 15 is 8.78 Å². The van der Waals surface area contributed by atoms with Crippen LogP contribution in [-0.2, 0) is 12.6 Å². The smallest absolute Gasteiger partial charge is 0.333 e. The molecule has 0 amide bonds. The molecule has 0 fully saturated rings. The van der Waals surface area contributed by atoms with E-state index in [1.165, 1.54) is 13.1 Å². The molecule has 0 aliphatic heterocycles. The fourth-order valence-corrected chi connectivity index (χ4v) is 6.88. The van der Waals surface area contributed by atoms with Crippen LogP contribution in [0.4, 0.5) is 22.0 Å². The van der Waals surface area contributed by atoms with Gasteiger partial charge in [0.25, 0.3) is 0 Å². The van der Waals surface area contributed by atoms with E-state index in [2.05, 4.69) is 31.1 Å². The Morgan fingerprint density at radius 3 is 2.10 bits per heavy atom. The standard InChI is InChI=1S/C38H32F5NS.C3H6.C2H2.CH5N/c1-8-24-20-31(38(41,42)43)30(18-21(24)4)29-12-11-17-44-32(15-16-33(29)44)27(10-3)26-13-14-28(25(9-2)19-26)34-22(5)23(6)37(45-7)36(40)35(34)39;1-3-2;2*1-2/h2,10-20H,8H2,1,3-7H3;3H,1H2,2H3;1-2H;2H2,1H3. The Kier molecular flexibility index (Phi) is 15.8. The topological polar surface area (TPSA) is 30.4 Å². The molecule has 0 saturated heterocycles. The molecule has 0 radical (unpaired) electrons. The lowest BCUT2D eigenvalue weighted by Gasteiger charge is -2.18. The highest BCUT2D eigenvalue weighted by atomic mass is 32.2. The number of hydrogen-bond acceptors (Lipinski definition) is 2. The molecule has 0 spiro atoms. The fourth-order valence-electron chi connectivity index (χ4n) is 6.15. The Hall–Kier alpha value is -5.02. The molecule has 3 aromatic carbocycles. The van der Waals surface area contributed by atoms with Crippen molar-refractivity contribution in [3.8, 4) is 47.4 Å². The van der Waals surface area contributed by atoms with Gasteiger partial charge >= 0.3 is 6.18 Å². The average molecular weight is 729 g/mol. The number of hydrogen-bond donors (Lipinski definition) is 1. The molecule has 0 bridgehead atoms. The van der Waals surface area contributed by atoms with Crippen LogP contribution < -0.4 is 5.73 Å². The lowest BCUT2D eigenvalue weighted by Crippen LogP contribution is -2.09. The van der Waals surface area contributed by atoms with E-state index in [4.69, 9.17) is 6.42 Å². The van der Waals surface area contributed by atoms with Gasteiger partial charge in [-0.2, -0.15) is 13.2 Å². The number of allylic oxidation sites excluding steroid dienone is 2. The molecule has 0 aliphatic carbocycles. The number of halogens is 5. The van der Waals surface area contributed by atoms with Crippen molar-refractivity contribution >= 4 is 22.9 Å². The van der Waals surface area contributed by atoms with Gasteiger partial charge in [-0.1, -0.05) is 49.3 Å². The fraction of sp³-hybridized carbons (Fsp3) is 0.227. The summed E-state index contributed by atoms with van der Waals surface area (Å²) < 4.78 is 75.1. The zero-order valence-corrected chi connectivity index (χ0v) is 31.7. The highest BCUT2D eigenvalue weighted by Gasteiger charge is 2.35. The van der Waals surface area contributed by atoms with E-state index in [1.54, 1.807) is 62.6 Å². The number of nitrogens with two attached hydrogens (primary N) is 1. The summed E-state index contributed by atoms with van der Waals surface area (Å²) in [6, 6.07) is 15.3.